The Bertz CT molecular complexity index is 736. The fraction of sp³-hybridized carbons (Fsp3) is 0.474. The van der Waals surface area contributed by atoms with Gasteiger partial charge < -0.3 is 15.0 Å². The van der Waals surface area contributed by atoms with Gasteiger partial charge in [0.2, 0.25) is 5.91 Å². The van der Waals surface area contributed by atoms with E-state index in [2.05, 4.69) is 22.5 Å². The highest BCUT2D eigenvalue weighted by Gasteiger charge is 2.38. The van der Waals surface area contributed by atoms with Crippen molar-refractivity contribution in [1.29, 1.82) is 0 Å². The number of nitrogens with one attached hydrogen (secondary N) is 1. The van der Waals surface area contributed by atoms with Crippen LogP contribution in [0.3, 0.4) is 0 Å². The number of halogens is 1. The molecule has 0 radical (unpaired) electrons. The smallest absolute Gasteiger partial charge is 0.227 e. The van der Waals surface area contributed by atoms with Crippen LogP contribution < -0.4 is 5.32 Å². The SMILES string of the molecule is Cl.Cn1cc([C@H]2CNC[C@@H]2C(=O)N2CCOC(c3ccccc3)C2)cn1. The molecule has 3 atom stereocenters. The number of nitrogens with zero attached hydrogens (tertiary/aromatic N) is 3. The van der Waals surface area contributed by atoms with Gasteiger partial charge in [0.1, 0.15) is 6.10 Å². The molecular formula is C19H25ClN4O2. The summed E-state index contributed by atoms with van der Waals surface area (Å²) < 4.78 is 7.70. The van der Waals surface area contributed by atoms with Crippen molar-refractivity contribution in [2.24, 2.45) is 13.0 Å². The number of amides is 1. The number of carbonyl (C=O) groups is 1. The van der Waals surface area contributed by atoms with Gasteiger partial charge in [-0.25, -0.2) is 0 Å². The lowest BCUT2D eigenvalue weighted by Crippen LogP contribution is -2.46. The Hall–Kier alpha value is -1.89. The van der Waals surface area contributed by atoms with Crippen molar-refractivity contribution in [3.8, 4) is 0 Å². The summed E-state index contributed by atoms with van der Waals surface area (Å²) in [6.07, 6.45) is 3.86. The van der Waals surface area contributed by atoms with Gasteiger partial charge in [-0.15, -0.1) is 12.4 Å². The molecule has 1 aromatic heterocycles. The molecule has 6 nitrogen and oxygen atoms in total. The minimum absolute atomic E-state index is 0. The number of morpholine rings is 1. The number of rotatable bonds is 3. The van der Waals surface area contributed by atoms with Crippen LogP contribution in [0.5, 0.6) is 0 Å². The van der Waals surface area contributed by atoms with Crippen molar-refractivity contribution in [2.75, 3.05) is 32.8 Å². The Morgan fingerprint density at radius 1 is 1.23 bits per heavy atom. The van der Waals surface area contributed by atoms with Crippen LogP contribution in [0.1, 0.15) is 23.1 Å². The van der Waals surface area contributed by atoms with Crippen LogP contribution in [0.15, 0.2) is 42.7 Å². The number of hydrogen-bond donors (Lipinski definition) is 1. The molecular weight excluding hydrogens is 352 g/mol. The fourth-order valence-corrected chi connectivity index (χ4v) is 3.87. The third-order valence-corrected chi connectivity index (χ3v) is 5.23. The number of hydrogen-bond acceptors (Lipinski definition) is 4. The lowest BCUT2D eigenvalue weighted by molar-refractivity contribution is -0.143. The van der Waals surface area contributed by atoms with Crippen LogP contribution in [-0.2, 0) is 16.6 Å². The zero-order chi connectivity index (χ0) is 17.2. The monoisotopic (exact) mass is 376 g/mol. The van der Waals surface area contributed by atoms with E-state index in [4.69, 9.17) is 4.74 Å². The summed E-state index contributed by atoms with van der Waals surface area (Å²) in [5.41, 5.74) is 2.27. The van der Waals surface area contributed by atoms with Crippen LogP contribution >= 0.6 is 12.4 Å². The summed E-state index contributed by atoms with van der Waals surface area (Å²) in [7, 11) is 1.91. The van der Waals surface area contributed by atoms with Gasteiger partial charge in [-0.05, 0) is 11.1 Å². The van der Waals surface area contributed by atoms with E-state index in [0.717, 1.165) is 24.2 Å². The maximum Gasteiger partial charge on any atom is 0.227 e. The van der Waals surface area contributed by atoms with Crippen LogP contribution in [0.25, 0.3) is 0 Å². The lowest BCUT2D eigenvalue weighted by atomic mass is 9.89. The summed E-state index contributed by atoms with van der Waals surface area (Å²) in [4.78, 5) is 15.1. The van der Waals surface area contributed by atoms with Crippen LogP contribution in [0.4, 0.5) is 0 Å². The molecule has 26 heavy (non-hydrogen) atoms. The number of aryl methyl sites for hydroxylation is 1. The second kappa shape index (κ2) is 8.20. The van der Waals surface area contributed by atoms with Crippen molar-refractivity contribution in [3.63, 3.8) is 0 Å². The maximum atomic E-state index is 13.2. The lowest BCUT2D eigenvalue weighted by Gasteiger charge is -2.35. The van der Waals surface area contributed by atoms with E-state index in [1.165, 1.54) is 0 Å². The standard InChI is InChI=1S/C19H24N4O2.ClH/c1-22-12-15(9-21-22)16-10-20-11-17(16)19(24)23-7-8-25-18(13-23)14-5-3-2-4-6-14;/h2-6,9,12,16-18,20H,7-8,10-11,13H2,1H3;1H/t16-,17+,18?;/m1./s1. The summed E-state index contributed by atoms with van der Waals surface area (Å²) in [5.74, 6) is 0.390. The number of carbonyl (C=O) groups excluding carboxylic acids is 1. The molecule has 1 aromatic carbocycles. The highest BCUT2D eigenvalue weighted by Crippen LogP contribution is 2.31. The average Bonchev–Trinajstić information content (AvgIpc) is 3.30. The molecule has 1 N–H and O–H groups in total. The molecule has 4 rings (SSSR count). The Morgan fingerprint density at radius 3 is 2.77 bits per heavy atom. The van der Waals surface area contributed by atoms with E-state index in [-0.39, 0.29) is 36.3 Å². The Balaban J connectivity index is 0.00000196. The van der Waals surface area contributed by atoms with Crippen molar-refractivity contribution in [3.05, 3.63) is 53.9 Å². The zero-order valence-electron chi connectivity index (χ0n) is 14.9. The highest BCUT2D eigenvalue weighted by molar-refractivity contribution is 5.85. The predicted octanol–water partition coefficient (Wildman–Crippen LogP) is 1.74. The molecule has 2 aliphatic rings. The first kappa shape index (κ1) is 18.9. The third-order valence-electron chi connectivity index (χ3n) is 5.23. The summed E-state index contributed by atoms with van der Waals surface area (Å²) in [6, 6.07) is 10.2. The first-order valence-electron chi connectivity index (χ1n) is 8.87. The Labute approximate surface area is 159 Å². The van der Waals surface area contributed by atoms with Crippen molar-refractivity contribution in [1.82, 2.24) is 20.0 Å². The van der Waals surface area contributed by atoms with Gasteiger partial charge in [-0.3, -0.25) is 9.48 Å². The molecule has 0 bridgehead atoms. The Morgan fingerprint density at radius 2 is 2.04 bits per heavy atom. The second-order valence-corrected chi connectivity index (χ2v) is 6.87. The van der Waals surface area contributed by atoms with Gasteiger partial charge in [-0.1, -0.05) is 30.3 Å². The summed E-state index contributed by atoms with van der Waals surface area (Å²) >= 11 is 0. The molecule has 2 aliphatic heterocycles. The zero-order valence-corrected chi connectivity index (χ0v) is 15.7. The van der Waals surface area contributed by atoms with Gasteiger partial charge in [0, 0.05) is 38.8 Å². The second-order valence-electron chi connectivity index (χ2n) is 6.87. The van der Waals surface area contributed by atoms with Gasteiger partial charge in [-0.2, -0.15) is 5.10 Å². The first-order chi connectivity index (χ1) is 12.2. The molecule has 2 fully saturated rings. The quantitative estimate of drug-likeness (QED) is 0.886. The topological polar surface area (TPSA) is 59.4 Å². The van der Waals surface area contributed by atoms with Gasteiger partial charge in [0.05, 0.1) is 25.3 Å². The number of benzene rings is 1. The van der Waals surface area contributed by atoms with Gasteiger partial charge in [0.15, 0.2) is 0 Å². The summed E-state index contributed by atoms with van der Waals surface area (Å²) in [6.45, 7) is 3.43. The van der Waals surface area contributed by atoms with E-state index in [1.54, 1.807) is 4.68 Å². The maximum absolute atomic E-state index is 13.2. The van der Waals surface area contributed by atoms with Crippen LogP contribution in [0.2, 0.25) is 0 Å². The van der Waals surface area contributed by atoms with Crippen molar-refractivity contribution < 1.29 is 9.53 Å². The molecule has 0 spiro atoms. The molecule has 1 amide bonds. The Kier molecular flexibility index (Phi) is 5.96. The molecule has 1 unspecified atom stereocenters. The molecule has 140 valence electrons. The fourth-order valence-electron chi connectivity index (χ4n) is 3.87. The van der Waals surface area contributed by atoms with Crippen LogP contribution in [0, 0.1) is 5.92 Å². The molecule has 0 aliphatic carbocycles. The van der Waals surface area contributed by atoms with Crippen molar-refractivity contribution >= 4 is 18.3 Å². The predicted molar refractivity (Wildman–Crippen MR) is 101 cm³/mol. The van der Waals surface area contributed by atoms with E-state index in [1.807, 2.05) is 42.5 Å². The van der Waals surface area contributed by atoms with E-state index >= 15 is 0 Å². The molecule has 2 saturated heterocycles. The first-order valence-corrected chi connectivity index (χ1v) is 8.87. The largest absolute Gasteiger partial charge is 0.370 e. The molecule has 3 heterocycles. The normalized spacial score (nSPS) is 25.7. The number of ether oxygens (including phenoxy) is 1. The number of aromatic nitrogens is 2. The van der Waals surface area contributed by atoms with E-state index < -0.39 is 0 Å². The highest BCUT2D eigenvalue weighted by atomic mass is 35.5. The molecule has 2 aromatic rings. The van der Waals surface area contributed by atoms with E-state index in [0.29, 0.717) is 19.7 Å². The molecule has 7 heteroatoms. The minimum Gasteiger partial charge on any atom is -0.370 e. The van der Waals surface area contributed by atoms with Crippen molar-refractivity contribution in [2.45, 2.75) is 12.0 Å². The van der Waals surface area contributed by atoms with Gasteiger partial charge in [0.25, 0.3) is 0 Å². The average molecular weight is 377 g/mol. The van der Waals surface area contributed by atoms with Crippen LogP contribution in [-0.4, -0.2) is 53.4 Å². The third kappa shape index (κ3) is 3.77. The van der Waals surface area contributed by atoms with E-state index in [9.17, 15) is 4.79 Å². The van der Waals surface area contributed by atoms with Gasteiger partial charge >= 0.3 is 0 Å². The minimum atomic E-state index is -0.0369. The molecule has 0 saturated carbocycles. The summed E-state index contributed by atoms with van der Waals surface area (Å²) in [5, 5.41) is 7.64.